The molecule has 0 unspecified atom stereocenters. The number of hydrogen-bond donors (Lipinski definition) is 0. The van der Waals surface area contributed by atoms with Gasteiger partial charge in [-0.15, -0.1) is 0 Å². The molecule has 0 saturated carbocycles. The van der Waals surface area contributed by atoms with E-state index in [2.05, 4.69) is 16.6 Å². The number of nitriles is 1. The predicted molar refractivity (Wildman–Crippen MR) is 43.8 cm³/mol. The molecule has 0 aromatic heterocycles. The number of carbonyl (C=O) groups excluding carboxylic acids is 1. The molecule has 3 heteroatoms. The lowest BCUT2D eigenvalue weighted by molar-refractivity contribution is -0.133. The van der Waals surface area contributed by atoms with Gasteiger partial charge in [0.25, 0.3) is 0 Å². The van der Waals surface area contributed by atoms with Gasteiger partial charge >= 0.3 is 5.97 Å². The molecule has 62 valence electrons. The maximum Gasteiger partial charge on any atom is 0.384 e. The molecule has 0 aromatic rings. The van der Waals surface area contributed by atoms with Gasteiger partial charge in [0, 0.05) is 18.4 Å². The third-order valence-electron chi connectivity index (χ3n) is 1.00. The van der Waals surface area contributed by atoms with Gasteiger partial charge in [0.2, 0.25) is 0 Å². The van der Waals surface area contributed by atoms with Crippen LogP contribution in [0.4, 0.5) is 0 Å². The van der Waals surface area contributed by atoms with E-state index in [1.807, 2.05) is 6.07 Å². The summed E-state index contributed by atoms with van der Waals surface area (Å²) in [7, 11) is 1.28. The molecule has 3 nitrogen and oxygen atoms in total. The summed E-state index contributed by atoms with van der Waals surface area (Å²) in [6.07, 6.45) is 4.33. The second-order valence-electron chi connectivity index (χ2n) is 1.86. The van der Waals surface area contributed by atoms with Crippen LogP contribution in [0.15, 0.2) is 12.2 Å². The normalized spacial score (nSPS) is 8.33. The number of hydrogen-bond acceptors (Lipinski definition) is 3. The lowest BCUT2D eigenvalue weighted by atomic mass is 10.3. The van der Waals surface area contributed by atoms with Crippen molar-refractivity contribution in [3.05, 3.63) is 12.2 Å². The summed E-state index contributed by atoms with van der Waals surface area (Å²) in [6, 6.07) is 1.86. The van der Waals surface area contributed by atoms with E-state index in [-0.39, 0.29) is 0 Å². The summed E-state index contributed by atoms with van der Waals surface area (Å²) in [4.78, 5) is 10.4. The van der Waals surface area contributed by atoms with Crippen molar-refractivity contribution in [1.82, 2.24) is 0 Å². The number of ether oxygens (including phenoxy) is 1. The molecule has 0 aliphatic heterocycles. The molecular formula is C9H9NO2. The molecule has 0 heterocycles. The highest BCUT2D eigenvalue weighted by molar-refractivity contribution is 5.88. The first-order valence-corrected chi connectivity index (χ1v) is 3.42. The Labute approximate surface area is 71.6 Å². The third-order valence-corrected chi connectivity index (χ3v) is 1.00. The van der Waals surface area contributed by atoms with Crippen LogP contribution < -0.4 is 0 Å². The first-order chi connectivity index (χ1) is 5.81. The van der Waals surface area contributed by atoms with E-state index in [1.165, 1.54) is 13.2 Å². The molecule has 0 saturated heterocycles. The lowest BCUT2D eigenvalue weighted by Crippen LogP contribution is -1.93. The largest absolute Gasteiger partial charge is 0.459 e. The smallest absolute Gasteiger partial charge is 0.384 e. The zero-order valence-corrected chi connectivity index (χ0v) is 6.83. The van der Waals surface area contributed by atoms with Crippen molar-refractivity contribution in [3.63, 3.8) is 0 Å². The van der Waals surface area contributed by atoms with E-state index in [0.29, 0.717) is 12.8 Å². The van der Waals surface area contributed by atoms with E-state index in [0.717, 1.165) is 0 Å². The first-order valence-electron chi connectivity index (χ1n) is 3.42. The van der Waals surface area contributed by atoms with Crippen molar-refractivity contribution in [3.8, 4) is 17.9 Å². The standard InChI is InChI=1S/C9H9NO2/c1-12-9(11)7-5-3-2-4-6-8-10/h4,6H,2-3H2,1H3/b6-4-. The molecule has 0 fully saturated rings. The predicted octanol–water partition coefficient (Wildman–Crippen LogP) is 1.02. The molecule has 0 atom stereocenters. The van der Waals surface area contributed by atoms with Crippen LogP contribution in [0, 0.1) is 23.2 Å². The molecule has 12 heavy (non-hydrogen) atoms. The maximum absolute atomic E-state index is 10.4. The fraction of sp³-hybridized carbons (Fsp3) is 0.333. The molecule has 0 spiro atoms. The Morgan fingerprint density at radius 2 is 2.42 bits per heavy atom. The number of esters is 1. The van der Waals surface area contributed by atoms with Gasteiger partial charge < -0.3 is 4.74 Å². The molecule has 0 aromatic carbocycles. The minimum atomic E-state index is -0.528. The molecule has 0 N–H and O–H groups in total. The molecular weight excluding hydrogens is 154 g/mol. The van der Waals surface area contributed by atoms with Gasteiger partial charge in [-0.05, 0) is 6.42 Å². The van der Waals surface area contributed by atoms with Gasteiger partial charge in [-0.2, -0.15) is 5.26 Å². The Balaban J connectivity index is 3.54. The molecule has 0 amide bonds. The van der Waals surface area contributed by atoms with Gasteiger partial charge in [-0.25, -0.2) is 4.79 Å². The van der Waals surface area contributed by atoms with Gasteiger partial charge in [-0.3, -0.25) is 0 Å². The fourth-order valence-corrected chi connectivity index (χ4v) is 0.477. The van der Waals surface area contributed by atoms with Crippen LogP contribution in [-0.4, -0.2) is 13.1 Å². The van der Waals surface area contributed by atoms with Gasteiger partial charge in [0.05, 0.1) is 13.2 Å². The topological polar surface area (TPSA) is 50.1 Å². The number of carbonyl (C=O) groups is 1. The van der Waals surface area contributed by atoms with Crippen LogP contribution >= 0.6 is 0 Å². The second kappa shape index (κ2) is 7.37. The summed E-state index contributed by atoms with van der Waals surface area (Å²) in [5.41, 5.74) is 0. The fourth-order valence-electron chi connectivity index (χ4n) is 0.477. The number of allylic oxidation sites excluding steroid dienone is 2. The van der Waals surface area contributed by atoms with Crippen LogP contribution in [0.3, 0.4) is 0 Å². The van der Waals surface area contributed by atoms with Crippen LogP contribution in [0.25, 0.3) is 0 Å². The van der Waals surface area contributed by atoms with Crippen molar-refractivity contribution in [2.45, 2.75) is 12.8 Å². The summed E-state index contributed by atoms with van der Waals surface area (Å²) < 4.78 is 4.30. The molecule has 0 aliphatic carbocycles. The Kier molecular flexibility index (Phi) is 6.30. The average molecular weight is 163 g/mol. The van der Waals surface area contributed by atoms with Gasteiger partial charge in [0.15, 0.2) is 0 Å². The second-order valence-corrected chi connectivity index (χ2v) is 1.86. The van der Waals surface area contributed by atoms with Crippen LogP contribution in [0.1, 0.15) is 12.8 Å². The van der Waals surface area contributed by atoms with E-state index in [4.69, 9.17) is 5.26 Å². The van der Waals surface area contributed by atoms with Crippen molar-refractivity contribution in [1.29, 1.82) is 5.26 Å². The summed E-state index contributed by atoms with van der Waals surface area (Å²) in [6.45, 7) is 0. The number of nitrogens with zero attached hydrogens (tertiary/aromatic N) is 1. The van der Waals surface area contributed by atoms with Crippen LogP contribution in [0.5, 0.6) is 0 Å². The first kappa shape index (κ1) is 10.3. The Hall–Kier alpha value is -1.74. The van der Waals surface area contributed by atoms with E-state index < -0.39 is 5.97 Å². The minimum absolute atomic E-state index is 0.528. The highest BCUT2D eigenvalue weighted by atomic mass is 16.5. The zero-order valence-electron chi connectivity index (χ0n) is 6.83. The molecule has 0 radical (unpaired) electrons. The Morgan fingerprint density at radius 3 is 3.00 bits per heavy atom. The quantitative estimate of drug-likeness (QED) is 0.201. The van der Waals surface area contributed by atoms with Crippen molar-refractivity contribution >= 4 is 5.97 Å². The van der Waals surface area contributed by atoms with E-state index >= 15 is 0 Å². The average Bonchev–Trinajstić information content (AvgIpc) is 2.10. The van der Waals surface area contributed by atoms with E-state index in [9.17, 15) is 4.79 Å². The lowest BCUT2D eigenvalue weighted by Gasteiger charge is -1.84. The van der Waals surface area contributed by atoms with Crippen LogP contribution in [-0.2, 0) is 9.53 Å². The molecule has 0 rings (SSSR count). The van der Waals surface area contributed by atoms with Crippen molar-refractivity contribution in [2.75, 3.05) is 7.11 Å². The number of unbranched alkanes of at least 4 members (excludes halogenated alkanes) is 1. The highest BCUT2D eigenvalue weighted by Gasteiger charge is 1.86. The third kappa shape index (κ3) is 6.38. The highest BCUT2D eigenvalue weighted by Crippen LogP contribution is 1.87. The van der Waals surface area contributed by atoms with Crippen molar-refractivity contribution < 1.29 is 9.53 Å². The Morgan fingerprint density at radius 1 is 1.67 bits per heavy atom. The molecule has 0 aliphatic rings. The maximum atomic E-state index is 10.4. The minimum Gasteiger partial charge on any atom is -0.459 e. The number of rotatable bonds is 2. The summed E-state index contributed by atoms with van der Waals surface area (Å²) in [5.74, 6) is 4.36. The van der Waals surface area contributed by atoms with E-state index in [1.54, 1.807) is 6.08 Å². The monoisotopic (exact) mass is 163 g/mol. The summed E-state index contributed by atoms with van der Waals surface area (Å²) >= 11 is 0. The van der Waals surface area contributed by atoms with Crippen LogP contribution in [0.2, 0.25) is 0 Å². The Bertz CT molecular complexity index is 262. The van der Waals surface area contributed by atoms with Gasteiger partial charge in [-0.1, -0.05) is 12.0 Å². The SMILES string of the molecule is COC(=O)C#CCC/C=C\C#N. The number of methoxy groups -OCH3 is 1. The molecule has 0 bridgehead atoms. The summed E-state index contributed by atoms with van der Waals surface area (Å²) in [5, 5.41) is 8.10. The zero-order chi connectivity index (χ0) is 9.23. The van der Waals surface area contributed by atoms with Crippen molar-refractivity contribution in [2.24, 2.45) is 0 Å². The van der Waals surface area contributed by atoms with Gasteiger partial charge in [0.1, 0.15) is 0 Å².